The summed E-state index contributed by atoms with van der Waals surface area (Å²) in [7, 11) is 0. The van der Waals surface area contributed by atoms with Crippen molar-refractivity contribution in [1.82, 2.24) is 10.9 Å². The van der Waals surface area contributed by atoms with Gasteiger partial charge in [-0.25, -0.2) is 0 Å². The maximum absolute atomic E-state index is 12.3. The molecule has 30 heavy (non-hydrogen) atoms. The first-order chi connectivity index (χ1) is 14.1. The van der Waals surface area contributed by atoms with Gasteiger partial charge in [0.1, 0.15) is 24.0 Å². The molecular weight excluding hydrogens is 396 g/mol. The zero-order valence-corrected chi connectivity index (χ0v) is 19.6. The quantitative estimate of drug-likeness (QED) is 0.505. The Morgan fingerprint density at radius 2 is 1.30 bits per heavy atom. The molecule has 0 saturated carbocycles. The normalized spacial score (nSPS) is 12.5. The van der Waals surface area contributed by atoms with Crippen LogP contribution >= 0.6 is 0 Å². The third-order valence-corrected chi connectivity index (χ3v) is 6.83. The lowest BCUT2D eigenvalue weighted by Gasteiger charge is -2.15. The molecule has 0 aromatic heterocycles. The van der Waals surface area contributed by atoms with E-state index >= 15 is 0 Å². The molecule has 2 N–H and O–H groups in total. The van der Waals surface area contributed by atoms with E-state index in [1.54, 1.807) is 24.3 Å². The minimum Gasteiger partial charge on any atom is -0.267 e. The number of nitrogens with one attached hydrogen (secondary N) is 2. The fourth-order valence-electron chi connectivity index (χ4n) is 2.61. The van der Waals surface area contributed by atoms with E-state index in [1.807, 2.05) is 24.3 Å². The Bertz CT molecular complexity index is 840. The Morgan fingerprint density at radius 3 is 1.70 bits per heavy atom. The summed E-state index contributed by atoms with van der Waals surface area (Å²) in [6.07, 6.45) is 3.05. The van der Waals surface area contributed by atoms with E-state index in [9.17, 15) is 9.59 Å². The first-order valence-corrected chi connectivity index (χ1v) is 11.7. The maximum Gasteiger partial charge on any atom is 0.269 e. The molecule has 2 rings (SSSR count). The molecule has 0 radical (unpaired) electrons. The van der Waals surface area contributed by atoms with E-state index in [4.69, 9.17) is 4.18 Å². The minimum atomic E-state index is -0.364. The van der Waals surface area contributed by atoms with E-state index in [1.165, 1.54) is 5.56 Å². The molecule has 0 bridgehead atoms. The highest BCUT2D eigenvalue weighted by Crippen LogP contribution is 2.19. The van der Waals surface area contributed by atoms with Crippen LogP contribution in [0.15, 0.2) is 48.5 Å². The summed E-state index contributed by atoms with van der Waals surface area (Å²) < 4.78 is 6.02. The van der Waals surface area contributed by atoms with Crippen molar-refractivity contribution in [2.75, 3.05) is 6.26 Å². The Balaban J connectivity index is 1.85. The van der Waals surface area contributed by atoms with Gasteiger partial charge in [-0.3, -0.25) is 20.4 Å². The number of carbonyl (C=O) groups is 2. The fraction of sp³-hybridized carbons (Fsp3) is 0.417. The largest absolute Gasteiger partial charge is 0.269 e. The van der Waals surface area contributed by atoms with Crippen molar-refractivity contribution in [1.29, 1.82) is 0 Å². The molecule has 0 aliphatic heterocycles. The molecule has 0 spiro atoms. The lowest BCUT2D eigenvalue weighted by Crippen LogP contribution is -2.41. The van der Waals surface area contributed by atoms with Crippen LogP contribution in [0.3, 0.4) is 0 Å². The van der Waals surface area contributed by atoms with Gasteiger partial charge in [0.05, 0.1) is 0 Å². The highest BCUT2D eigenvalue weighted by atomic mass is 32.2. The molecule has 162 valence electrons. The van der Waals surface area contributed by atoms with Crippen molar-refractivity contribution in [3.63, 3.8) is 0 Å². The van der Waals surface area contributed by atoms with Crippen LogP contribution in [0, 0.1) is 5.92 Å². The first kappa shape index (κ1) is 24.0. The second-order valence-electron chi connectivity index (χ2n) is 8.73. The Kier molecular flexibility index (Phi) is 8.50. The number of amides is 2. The zero-order chi connectivity index (χ0) is 22.3. The number of hydrogen-bond donors (Lipinski definition) is 2. The van der Waals surface area contributed by atoms with E-state index in [0.29, 0.717) is 23.7 Å². The van der Waals surface area contributed by atoms with Crippen molar-refractivity contribution in [2.45, 2.75) is 52.4 Å². The van der Waals surface area contributed by atoms with E-state index in [2.05, 4.69) is 51.7 Å². The molecule has 0 saturated heterocycles. The lowest BCUT2D eigenvalue weighted by molar-refractivity contribution is 0.0846. The van der Waals surface area contributed by atoms with Gasteiger partial charge in [-0.05, 0) is 68.5 Å². The van der Waals surface area contributed by atoms with E-state index < -0.39 is 0 Å². The van der Waals surface area contributed by atoms with Crippen LogP contribution in [-0.2, 0) is 28.4 Å². The van der Waals surface area contributed by atoms with Crippen molar-refractivity contribution in [3.8, 4) is 0 Å². The SMILES string of the molecule is CC(C)Cc1ccc(C(=O)NNC(=O)c2ccc(CO[S+](C)C(C)(C)C)cc2)cc1. The van der Waals surface area contributed by atoms with Gasteiger partial charge in [-0.15, -0.1) is 0 Å². The summed E-state index contributed by atoms with van der Waals surface area (Å²) in [4.78, 5) is 24.6. The summed E-state index contributed by atoms with van der Waals surface area (Å²) in [6, 6.07) is 14.6. The lowest BCUT2D eigenvalue weighted by atomic mass is 10.0. The van der Waals surface area contributed by atoms with E-state index in [0.717, 1.165) is 12.0 Å². The van der Waals surface area contributed by atoms with Crippen LogP contribution in [0.4, 0.5) is 0 Å². The summed E-state index contributed by atoms with van der Waals surface area (Å²) in [5, 5.41) is 0. The number of hydrogen-bond acceptors (Lipinski definition) is 3. The third kappa shape index (κ3) is 7.50. The van der Waals surface area contributed by atoms with Crippen molar-refractivity contribution >= 4 is 23.0 Å². The van der Waals surface area contributed by atoms with Crippen molar-refractivity contribution in [2.24, 2.45) is 5.92 Å². The smallest absolute Gasteiger partial charge is 0.267 e. The summed E-state index contributed by atoms with van der Waals surface area (Å²) in [5.41, 5.74) is 8.09. The Hall–Kier alpha value is -2.31. The molecule has 0 fully saturated rings. The highest BCUT2D eigenvalue weighted by Gasteiger charge is 2.31. The molecule has 2 aromatic carbocycles. The molecule has 0 aliphatic carbocycles. The average molecular weight is 430 g/mol. The van der Waals surface area contributed by atoms with Crippen molar-refractivity contribution < 1.29 is 13.8 Å². The fourth-order valence-corrected chi connectivity index (χ4v) is 3.27. The van der Waals surface area contributed by atoms with Crippen LogP contribution in [0.1, 0.15) is 66.5 Å². The van der Waals surface area contributed by atoms with Gasteiger partial charge >= 0.3 is 0 Å². The van der Waals surface area contributed by atoms with Crippen LogP contribution in [0.25, 0.3) is 0 Å². The molecule has 0 aliphatic rings. The first-order valence-electron chi connectivity index (χ1n) is 10.1. The van der Waals surface area contributed by atoms with Crippen LogP contribution < -0.4 is 10.9 Å². The molecular formula is C24H33N2O3S+. The number of benzene rings is 2. The van der Waals surface area contributed by atoms with Crippen LogP contribution in [-0.4, -0.2) is 22.8 Å². The second-order valence-corrected chi connectivity index (χ2v) is 11.1. The number of hydrazine groups is 1. The van der Waals surface area contributed by atoms with Gasteiger partial charge < -0.3 is 0 Å². The van der Waals surface area contributed by atoms with Crippen LogP contribution in [0.5, 0.6) is 0 Å². The highest BCUT2D eigenvalue weighted by molar-refractivity contribution is 7.92. The van der Waals surface area contributed by atoms with Gasteiger partial charge in [-0.2, -0.15) is 4.18 Å². The van der Waals surface area contributed by atoms with Gasteiger partial charge in [0.15, 0.2) is 4.75 Å². The van der Waals surface area contributed by atoms with Gasteiger partial charge in [0.25, 0.3) is 11.8 Å². The molecule has 5 nitrogen and oxygen atoms in total. The monoisotopic (exact) mass is 429 g/mol. The van der Waals surface area contributed by atoms with Crippen LogP contribution in [0.2, 0.25) is 0 Å². The van der Waals surface area contributed by atoms with E-state index in [-0.39, 0.29) is 27.7 Å². The standard InChI is InChI=1S/C24H32N2O3S/c1-17(2)15-18-7-11-20(12-8-18)22(27)25-26-23(28)21-13-9-19(10-14-21)16-29-30(6)24(3,4)5/h7-14,17H,15-16H2,1-6H3,(H-,25,26,27,28)/p+1. The summed E-state index contributed by atoms with van der Waals surface area (Å²) in [5.74, 6) is -0.150. The zero-order valence-electron chi connectivity index (χ0n) is 18.7. The maximum atomic E-state index is 12.3. The van der Waals surface area contributed by atoms with Gasteiger partial charge in [0.2, 0.25) is 0 Å². The number of rotatable bonds is 7. The molecule has 6 heteroatoms. The molecule has 2 aromatic rings. The topological polar surface area (TPSA) is 67.4 Å². The Labute approximate surface area is 183 Å². The molecule has 0 heterocycles. The average Bonchev–Trinajstić information content (AvgIpc) is 2.69. The van der Waals surface area contributed by atoms with Crippen molar-refractivity contribution in [3.05, 3.63) is 70.8 Å². The third-order valence-electron chi connectivity index (χ3n) is 4.63. The minimum absolute atomic E-state index is 0.104. The molecule has 2 amide bonds. The second kappa shape index (κ2) is 10.6. The molecule has 1 atom stereocenters. The molecule has 1 unspecified atom stereocenters. The summed E-state index contributed by atoms with van der Waals surface area (Å²) >= 11 is -0.160. The Morgan fingerprint density at radius 1 is 0.867 bits per heavy atom. The summed E-state index contributed by atoms with van der Waals surface area (Å²) in [6.45, 7) is 11.3. The van der Waals surface area contributed by atoms with Gasteiger partial charge in [0, 0.05) is 11.1 Å². The predicted molar refractivity (Wildman–Crippen MR) is 124 cm³/mol. The predicted octanol–water partition coefficient (Wildman–Crippen LogP) is 4.44. The van der Waals surface area contributed by atoms with Gasteiger partial charge in [-0.1, -0.05) is 38.1 Å². The number of carbonyl (C=O) groups excluding carboxylic acids is 2.